The number of hydrogen-bond acceptors (Lipinski definition) is 3. The molecule has 158 valence electrons. The van der Waals surface area contributed by atoms with Gasteiger partial charge in [-0.05, 0) is 81.3 Å². The molecule has 1 heterocycles. The van der Waals surface area contributed by atoms with Crippen LogP contribution in [-0.4, -0.2) is 37.3 Å². The van der Waals surface area contributed by atoms with Gasteiger partial charge in [0, 0.05) is 13.2 Å². The van der Waals surface area contributed by atoms with Crippen molar-refractivity contribution < 1.29 is 9.47 Å². The molecule has 0 aliphatic carbocycles. The molecule has 1 fully saturated rings. The quantitative estimate of drug-likeness (QED) is 0.541. The summed E-state index contributed by atoms with van der Waals surface area (Å²) in [6.07, 6.45) is 4.61. The van der Waals surface area contributed by atoms with Crippen molar-refractivity contribution in [3.05, 3.63) is 65.7 Å². The molecule has 2 aromatic carbocycles. The molecule has 0 saturated carbocycles. The average Bonchev–Trinajstić information content (AvgIpc) is 2.71. The lowest BCUT2D eigenvalue weighted by Crippen LogP contribution is -2.44. The van der Waals surface area contributed by atoms with Crippen LogP contribution in [0.25, 0.3) is 0 Å². The Morgan fingerprint density at radius 3 is 2.34 bits per heavy atom. The summed E-state index contributed by atoms with van der Waals surface area (Å²) in [7, 11) is 1.72. The highest BCUT2D eigenvalue weighted by molar-refractivity contribution is 5.27. The van der Waals surface area contributed by atoms with Crippen LogP contribution < -0.4 is 4.74 Å². The number of rotatable bonds is 9. The smallest absolute Gasteiger partial charge is 0.118 e. The minimum atomic E-state index is -0.0416. The molecule has 3 heteroatoms. The Balaban J connectivity index is 1.69. The zero-order valence-corrected chi connectivity index (χ0v) is 18.6. The summed E-state index contributed by atoms with van der Waals surface area (Å²) >= 11 is 0. The standard InChI is InChI=1S/C26H37NO2/c1-5-27(20-23-11-13-24(28-4)14-12-23)17-15-26(16-18-29-25(2,3)21-26)19-22-9-7-6-8-10-22/h6-14H,5,15-21H2,1-4H3/t26-/m1/s1. The molecule has 1 atom stereocenters. The molecular formula is C26H37NO2. The van der Waals surface area contributed by atoms with Crippen LogP contribution in [0.4, 0.5) is 0 Å². The lowest BCUT2D eigenvalue weighted by molar-refractivity contribution is -0.108. The summed E-state index contributed by atoms with van der Waals surface area (Å²) in [5.74, 6) is 0.919. The van der Waals surface area contributed by atoms with Gasteiger partial charge in [0.1, 0.15) is 5.75 Å². The molecule has 29 heavy (non-hydrogen) atoms. The minimum absolute atomic E-state index is 0.0416. The predicted octanol–water partition coefficient (Wildman–Crippen LogP) is 5.73. The molecule has 0 unspecified atom stereocenters. The first-order valence-electron chi connectivity index (χ1n) is 11.0. The first-order chi connectivity index (χ1) is 13.9. The second-order valence-electron chi connectivity index (χ2n) is 9.16. The van der Waals surface area contributed by atoms with E-state index in [9.17, 15) is 0 Å². The van der Waals surface area contributed by atoms with Crippen molar-refractivity contribution in [2.24, 2.45) is 5.41 Å². The van der Waals surface area contributed by atoms with E-state index in [2.05, 4.69) is 80.3 Å². The van der Waals surface area contributed by atoms with Crippen LogP contribution in [0.3, 0.4) is 0 Å². The van der Waals surface area contributed by atoms with Crippen LogP contribution >= 0.6 is 0 Å². The van der Waals surface area contributed by atoms with Crippen molar-refractivity contribution in [3.63, 3.8) is 0 Å². The molecule has 0 bridgehead atoms. The lowest BCUT2D eigenvalue weighted by Gasteiger charge is -2.46. The molecule has 3 nitrogen and oxygen atoms in total. The van der Waals surface area contributed by atoms with Gasteiger partial charge in [-0.2, -0.15) is 0 Å². The van der Waals surface area contributed by atoms with E-state index in [1.165, 1.54) is 17.5 Å². The SMILES string of the molecule is CCN(CC[C@]1(Cc2ccccc2)CCOC(C)(C)C1)Cc1ccc(OC)cc1. The van der Waals surface area contributed by atoms with Gasteiger partial charge in [0.15, 0.2) is 0 Å². The van der Waals surface area contributed by atoms with Gasteiger partial charge in [-0.1, -0.05) is 49.4 Å². The van der Waals surface area contributed by atoms with Crippen LogP contribution in [0, 0.1) is 5.41 Å². The summed E-state index contributed by atoms with van der Waals surface area (Å²) in [5, 5.41) is 0. The molecule has 1 aliphatic rings. The monoisotopic (exact) mass is 395 g/mol. The molecule has 0 aromatic heterocycles. The van der Waals surface area contributed by atoms with E-state index in [0.717, 1.165) is 51.3 Å². The molecule has 3 rings (SSSR count). The molecule has 0 radical (unpaired) electrons. The number of benzene rings is 2. The summed E-state index contributed by atoms with van der Waals surface area (Å²) < 4.78 is 11.4. The molecule has 0 amide bonds. The van der Waals surface area contributed by atoms with Gasteiger partial charge in [0.05, 0.1) is 12.7 Å². The number of methoxy groups -OCH3 is 1. The fraction of sp³-hybridized carbons (Fsp3) is 0.538. The molecule has 1 aliphatic heterocycles. The second-order valence-corrected chi connectivity index (χ2v) is 9.16. The molecule has 0 spiro atoms. The zero-order valence-electron chi connectivity index (χ0n) is 18.6. The van der Waals surface area contributed by atoms with E-state index in [-0.39, 0.29) is 5.60 Å². The Morgan fingerprint density at radius 2 is 1.72 bits per heavy atom. The predicted molar refractivity (Wildman–Crippen MR) is 120 cm³/mol. The Bertz CT molecular complexity index is 741. The second kappa shape index (κ2) is 9.77. The third kappa shape index (κ3) is 6.32. The average molecular weight is 396 g/mol. The van der Waals surface area contributed by atoms with Crippen molar-refractivity contribution in [1.82, 2.24) is 4.90 Å². The number of hydrogen-bond donors (Lipinski definition) is 0. The van der Waals surface area contributed by atoms with Gasteiger partial charge in [-0.3, -0.25) is 4.90 Å². The third-order valence-electron chi connectivity index (χ3n) is 6.32. The highest BCUT2D eigenvalue weighted by Crippen LogP contribution is 2.44. The van der Waals surface area contributed by atoms with Gasteiger partial charge < -0.3 is 9.47 Å². The Labute approximate surface area is 177 Å². The Kier molecular flexibility index (Phi) is 7.37. The van der Waals surface area contributed by atoms with Crippen molar-refractivity contribution in [3.8, 4) is 5.75 Å². The lowest BCUT2D eigenvalue weighted by atomic mass is 9.68. The fourth-order valence-corrected chi connectivity index (χ4v) is 4.80. The first-order valence-corrected chi connectivity index (χ1v) is 11.0. The molecule has 1 saturated heterocycles. The van der Waals surface area contributed by atoms with Gasteiger partial charge in [-0.25, -0.2) is 0 Å². The van der Waals surface area contributed by atoms with Gasteiger partial charge >= 0.3 is 0 Å². The van der Waals surface area contributed by atoms with E-state index in [0.29, 0.717) is 5.41 Å². The molecular weight excluding hydrogens is 358 g/mol. The van der Waals surface area contributed by atoms with Crippen molar-refractivity contribution in [1.29, 1.82) is 0 Å². The summed E-state index contributed by atoms with van der Waals surface area (Å²) in [5.41, 5.74) is 3.05. The van der Waals surface area contributed by atoms with Crippen molar-refractivity contribution in [2.75, 3.05) is 26.8 Å². The third-order valence-corrected chi connectivity index (χ3v) is 6.32. The number of nitrogens with zero attached hydrogens (tertiary/aromatic N) is 1. The Hall–Kier alpha value is -1.84. The molecule has 0 N–H and O–H groups in total. The maximum Gasteiger partial charge on any atom is 0.118 e. The topological polar surface area (TPSA) is 21.7 Å². The minimum Gasteiger partial charge on any atom is -0.497 e. The normalized spacial score (nSPS) is 21.3. The van der Waals surface area contributed by atoms with Gasteiger partial charge in [0.25, 0.3) is 0 Å². The highest BCUT2D eigenvalue weighted by atomic mass is 16.5. The number of ether oxygens (including phenoxy) is 2. The maximum absolute atomic E-state index is 6.08. The summed E-state index contributed by atoms with van der Waals surface area (Å²) in [6.45, 7) is 10.8. The van der Waals surface area contributed by atoms with E-state index >= 15 is 0 Å². The maximum atomic E-state index is 6.08. The largest absolute Gasteiger partial charge is 0.497 e. The first kappa shape index (κ1) is 21.9. The van der Waals surface area contributed by atoms with E-state index in [1.807, 2.05) is 0 Å². The fourth-order valence-electron chi connectivity index (χ4n) is 4.80. The van der Waals surface area contributed by atoms with Crippen LogP contribution in [0.5, 0.6) is 5.75 Å². The molecule has 2 aromatic rings. The van der Waals surface area contributed by atoms with Crippen LogP contribution in [0.1, 0.15) is 51.2 Å². The summed E-state index contributed by atoms with van der Waals surface area (Å²) in [4.78, 5) is 2.57. The zero-order chi connectivity index (χ0) is 20.7. The van der Waals surface area contributed by atoms with Gasteiger partial charge in [-0.15, -0.1) is 0 Å². The van der Waals surface area contributed by atoms with Crippen molar-refractivity contribution in [2.45, 2.75) is 58.6 Å². The van der Waals surface area contributed by atoms with Gasteiger partial charge in [0.2, 0.25) is 0 Å². The van der Waals surface area contributed by atoms with E-state index in [1.54, 1.807) is 7.11 Å². The summed E-state index contributed by atoms with van der Waals surface area (Å²) in [6, 6.07) is 19.5. The van der Waals surface area contributed by atoms with E-state index < -0.39 is 0 Å². The van der Waals surface area contributed by atoms with E-state index in [4.69, 9.17) is 9.47 Å². The highest BCUT2D eigenvalue weighted by Gasteiger charge is 2.40. The van der Waals surface area contributed by atoms with Crippen LogP contribution in [-0.2, 0) is 17.7 Å². The van der Waals surface area contributed by atoms with Crippen LogP contribution in [0.2, 0.25) is 0 Å². The van der Waals surface area contributed by atoms with Crippen molar-refractivity contribution >= 4 is 0 Å². The Morgan fingerprint density at radius 1 is 1.00 bits per heavy atom. The van der Waals surface area contributed by atoms with Crippen LogP contribution in [0.15, 0.2) is 54.6 Å².